The van der Waals surface area contributed by atoms with E-state index >= 15 is 0 Å². The molecule has 0 amide bonds. The molecule has 0 aromatic carbocycles. The molecule has 0 aromatic heterocycles. The maximum Gasteiger partial charge on any atom is 0.411 e. The van der Waals surface area contributed by atoms with Crippen LogP contribution in [0.5, 0.6) is 0 Å². The van der Waals surface area contributed by atoms with Crippen LogP contribution in [-0.2, 0) is 9.53 Å². The van der Waals surface area contributed by atoms with Gasteiger partial charge in [0.1, 0.15) is 0 Å². The third-order valence-electron chi connectivity index (χ3n) is 3.44. The maximum atomic E-state index is 13.1. The molecule has 1 saturated carbocycles. The van der Waals surface area contributed by atoms with Gasteiger partial charge in [-0.15, -0.1) is 0 Å². The predicted octanol–water partition coefficient (Wildman–Crippen LogP) is 2.05. The first-order valence-electron chi connectivity index (χ1n) is 6.90. The number of hydrogen-bond acceptors (Lipinski definition) is 5. The summed E-state index contributed by atoms with van der Waals surface area (Å²) < 4.78 is 43.7. The van der Waals surface area contributed by atoms with E-state index in [1.165, 1.54) is 6.92 Å². The lowest BCUT2D eigenvalue weighted by Crippen LogP contribution is -2.59. The van der Waals surface area contributed by atoms with Crippen molar-refractivity contribution in [3.8, 4) is 0 Å². The fourth-order valence-corrected chi connectivity index (χ4v) is 2.46. The average molecular weight is 312 g/mol. The van der Waals surface area contributed by atoms with Crippen LogP contribution in [0.4, 0.5) is 13.2 Å². The largest absolute Gasteiger partial charge is 0.461 e. The van der Waals surface area contributed by atoms with Crippen LogP contribution in [0.1, 0.15) is 39.0 Å². The molecular weight excluding hydrogens is 293 g/mol. The van der Waals surface area contributed by atoms with Crippen molar-refractivity contribution in [3.63, 3.8) is 0 Å². The van der Waals surface area contributed by atoms with E-state index in [0.29, 0.717) is 12.8 Å². The van der Waals surface area contributed by atoms with Gasteiger partial charge in [-0.1, -0.05) is 19.3 Å². The van der Waals surface area contributed by atoms with E-state index in [0.717, 1.165) is 19.3 Å². The van der Waals surface area contributed by atoms with Crippen molar-refractivity contribution in [3.05, 3.63) is 10.1 Å². The number of carbonyl (C=O) groups is 1. The van der Waals surface area contributed by atoms with E-state index in [4.69, 9.17) is 0 Å². The quantitative estimate of drug-likeness (QED) is 0.461. The molecule has 0 heterocycles. The number of nitrogens with one attached hydrogen (secondary N) is 1. The SMILES string of the molecule is CCOC(=O)C(C(NC1CCCCC1)C(F)(F)F)[N+](=O)[O-]. The van der Waals surface area contributed by atoms with Gasteiger partial charge in [-0.25, -0.2) is 4.79 Å². The van der Waals surface area contributed by atoms with Gasteiger partial charge in [0.15, 0.2) is 6.04 Å². The zero-order valence-corrected chi connectivity index (χ0v) is 11.7. The van der Waals surface area contributed by atoms with E-state index in [1.807, 2.05) is 0 Å². The van der Waals surface area contributed by atoms with Crippen LogP contribution < -0.4 is 5.32 Å². The molecule has 2 atom stereocenters. The van der Waals surface area contributed by atoms with Gasteiger partial charge in [0.2, 0.25) is 0 Å². The second kappa shape index (κ2) is 7.58. The minimum Gasteiger partial charge on any atom is -0.461 e. The van der Waals surface area contributed by atoms with Crippen molar-refractivity contribution in [2.24, 2.45) is 0 Å². The number of nitrogens with zero attached hydrogens (tertiary/aromatic N) is 1. The Bertz CT molecular complexity index is 370. The zero-order chi connectivity index (χ0) is 16.0. The molecule has 0 saturated heterocycles. The van der Waals surface area contributed by atoms with Gasteiger partial charge in [0.05, 0.1) is 6.61 Å². The predicted molar refractivity (Wildman–Crippen MR) is 67.3 cm³/mol. The normalized spacial score (nSPS) is 19.8. The van der Waals surface area contributed by atoms with Gasteiger partial charge < -0.3 is 4.74 Å². The van der Waals surface area contributed by atoms with Crippen LogP contribution in [0.2, 0.25) is 0 Å². The number of rotatable bonds is 6. The van der Waals surface area contributed by atoms with Crippen LogP contribution in [0.3, 0.4) is 0 Å². The van der Waals surface area contributed by atoms with Crippen molar-refractivity contribution in [2.75, 3.05) is 6.61 Å². The number of esters is 1. The summed E-state index contributed by atoms with van der Waals surface area (Å²) in [5.41, 5.74) is 0. The van der Waals surface area contributed by atoms with Crippen LogP contribution in [0.15, 0.2) is 0 Å². The highest BCUT2D eigenvalue weighted by atomic mass is 19.4. The van der Waals surface area contributed by atoms with Crippen LogP contribution in [-0.4, -0.2) is 41.8 Å². The summed E-state index contributed by atoms with van der Waals surface area (Å²) in [6.45, 7) is 1.17. The Kier molecular flexibility index (Phi) is 6.38. The average Bonchev–Trinajstić information content (AvgIpc) is 2.38. The second-order valence-electron chi connectivity index (χ2n) is 5.00. The topological polar surface area (TPSA) is 81.5 Å². The number of nitro groups is 1. The molecule has 0 bridgehead atoms. The number of hydrogen-bond donors (Lipinski definition) is 1. The van der Waals surface area contributed by atoms with Crippen LogP contribution in [0.25, 0.3) is 0 Å². The first kappa shape index (κ1) is 17.7. The Morgan fingerprint density at radius 1 is 1.38 bits per heavy atom. The summed E-state index contributed by atoms with van der Waals surface area (Å²) in [6, 6.07) is -5.48. The molecule has 0 aliphatic heterocycles. The molecule has 122 valence electrons. The van der Waals surface area contributed by atoms with Gasteiger partial charge >= 0.3 is 18.2 Å². The molecule has 1 aliphatic carbocycles. The number of ether oxygens (including phenoxy) is 1. The first-order valence-corrected chi connectivity index (χ1v) is 6.90. The van der Waals surface area contributed by atoms with E-state index < -0.39 is 35.2 Å². The summed E-state index contributed by atoms with van der Waals surface area (Å²) in [6.07, 6.45) is -1.40. The first-order chi connectivity index (χ1) is 9.77. The fraction of sp³-hybridized carbons (Fsp3) is 0.917. The lowest BCUT2D eigenvalue weighted by atomic mass is 9.94. The molecule has 1 fully saturated rings. The van der Waals surface area contributed by atoms with Crippen molar-refractivity contribution in [1.29, 1.82) is 0 Å². The van der Waals surface area contributed by atoms with Crippen LogP contribution in [0, 0.1) is 10.1 Å². The Morgan fingerprint density at radius 2 is 1.95 bits per heavy atom. The fourth-order valence-electron chi connectivity index (χ4n) is 2.46. The molecule has 1 aliphatic rings. The molecule has 21 heavy (non-hydrogen) atoms. The highest BCUT2D eigenvalue weighted by Gasteiger charge is 2.55. The van der Waals surface area contributed by atoms with Crippen molar-refractivity contribution in [1.82, 2.24) is 5.32 Å². The minimum atomic E-state index is -4.90. The van der Waals surface area contributed by atoms with E-state index in [2.05, 4.69) is 10.1 Å². The summed E-state index contributed by atoms with van der Waals surface area (Å²) in [7, 11) is 0. The van der Waals surface area contributed by atoms with Gasteiger partial charge in [0.25, 0.3) is 0 Å². The molecular formula is C12H19F3N2O4. The van der Waals surface area contributed by atoms with Crippen molar-refractivity contribution >= 4 is 5.97 Å². The second-order valence-corrected chi connectivity index (χ2v) is 5.00. The molecule has 9 heteroatoms. The number of alkyl halides is 3. The summed E-state index contributed by atoms with van der Waals surface area (Å²) in [5.74, 6) is -1.46. The number of carbonyl (C=O) groups excluding carboxylic acids is 1. The molecule has 1 N–H and O–H groups in total. The highest BCUT2D eigenvalue weighted by molar-refractivity contribution is 5.75. The minimum absolute atomic E-state index is 0.211. The van der Waals surface area contributed by atoms with Crippen LogP contribution >= 0.6 is 0 Å². The third kappa shape index (κ3) is 5.14. The molecule has 6 nitrogen and oxygen atoms in total. The Hall–Kier alpha value is -1.38. The van der Waals surface area contributed by atoms with Gasteiger partial charge in [-0.3, -0.25) is 15.4 Å². The lowest BCUT2D eigenvalue weighted by Gasteiger charge is -2.30. The van der Waals surface area contributed by atoms with E-state index in [-0.39, 0.29) is 6.61 Å². The zero-order valence-electron chi connectivity index (χ0n) is 11.7. The molecule has 1 rings (SSSR count). The van der Waals surface area contributed by atoms with Gasteiger partial charge in [-0.2, -0.15) is 13.2 Å². The monoisotopic (exact) mass is 312 g/mol. The summed E-state index contributed by atoms with van der Waals surface area (Å²) in [4.78, 5) is 21.2. The Morgan fingerprint density at radius 3 is 2.38 bits per heavy atom. The summed E-state index contributed by atoms with van der Waals surface area (Å²) >= 11 is 0. The van der Waals surface area contributed by atoms with Crippen molar-refractivity contribution in [2.45, 2.75) is 63.3 Å². The smallest absolute Gasteiger partial charge is 0.411 e. The standard InChI is InChI=1S/C12H19F3N2O4/c1-2-21-11(18)9(17(19)20)10(12(13,14)15)16-8-6-4-3-5-7-8/h8-10,16H,2-7H2,1H3. The molecule has 0 aromatic rings. The highest BCUT2D eigenvalue weighted by Crippen LogP contribution is 2.27. The molecule has 0 spiro atoms. The lowest BCUT2D eigenvalue weighted by molar-refractivity contribution is -0.522. The summed E-state index contributed by atoms with van der Waals surface area (Å²) in [5, 5.41) is 13.2. The Labute approximate surface area is 120 Å². The molecule has 2 unspecified atom stereocenters. The van der Waals surface area contributed by atoms with E-state index in [9.17, 15) is 28.1 Å². The van der Waals surface area contributed by atoms with Gasteiger partial charge in [-0.05, 0) is 19.8 Å². The van der Waals surface area contributed by atoms with Crippen molar-refractivity contribution < 1.29 is 27.6 Å². The van der Waals surface area contributed by atoms with Gasteiger partial charge in [0, 0.05) is 11.0 Å². The molecule has 0 radical (unpaired) electrons. The van der Waals surface area contributed by atoms with E-state index in [1.54, 1.807) is 0 Å². The number of halogens is 3. The third-order valence-corrected chi connectivity index (χ3v) is 3.44. The Balaban J connectivity index is 2.91. The maximum absolute atomic E-state index is 13.1.